The number of urea groups is 1. The lowest BCUT2D eigenvalue weighted by Crippen LogP contribution is -2.52. The summed E-state index contributed by atoms with van der Waals surface area (Å²) in [5.74, 6) is -1.05. The number of hydrogen-bond donors (Lipinski definition) is 2. The fourth-order valence-corrected chi connectivity index (χ4v) is 2.36. The smallest absolute Gasteiger partial charge is 0.334 e. The molecule has 6 nitrogen and oxygen atoms in total. The van der Waals surface area contributed by atoms with Crippen LogP contribution in [0.5, 0.6) is 0 Å². The fraction of sp³-hybridized carbons (Fsp3) is 0.429. The molecule has 0 spiro atoms. The zero-order valence-electron chi connectivity index (χ0n) is 11.6. The summed E-state index contributed by atoms with van der Waals surface area (Å²) < 4.78 is 6.07. The molecule has 2 N–H and O–H groups in total. The van der Waals surface area contributed by atoms with Gasteiger partial charge in [0.15, 0.2) is 6.10 Å². The quantitative estimate of drug-likeness (QED) is 0.868. The number of nitrogens with one attached hydrogen (secondary N) is 1. The Morgan fingerprint density at radius 2 is 2.10 bits per heavy atom. The average Bonchev–Trinajstić information content (AvgIpc) is 2.48. The molecule has 2 amide bonds. The molecule has 7 heteroatoms. The van der Waals surface area contributed by atoms with Gasteiger partial charge in [-0.25, -0.2) is 9.59 Å². The van der Waals surface area contributed by atoms with Crippen molar-refractivity contribution in [3.63, 3.8) is 0 Å². The molecule has 1 heterocycles. The van der Waals surface area contributed by atoms with Crippen LogP contribution in [0.25, 0.3) is 0 Å². The molecule has 1 aliphatic heterocycles. The van der Waals surface area contributed by atoms with Gasteiger partial charge in [0.2, 0.25) is 0 Å². The number of carbonyl (C=O) groups is 2. The number of nitrogens with zero attached hydrogens (tertiary/aromatic N) is 1. The van der Waals surface area contributed by atoms with Gasteiger partial charge in [0.1, 0.15) is 0 Å². The van der Waals surface area contributed by atoms with Crippen LogP contribution in [0.2, 0.25) is 0 Å². The maximum Gasteiger partial charge on any atom is 0.334 e. The number of rotatable bonds is 3. The van der Waals surface area contributed by atoms with Crippen molar-refractivity contribution in [2.75, 3.05) is 19.7 Å². The third-order valence-corrected chi connectivity index (χ3v) is 3.87. The second-order valence-electron chi connectivity index (χ2n) is 4.87. The van der Waals surface area contributed by atoms with Crippen molar-refractivity contribution in [3.05, 3.63) is 34.3 Å². The molecule has 0 saturated carbocycles. The maximum absolute atomic E-state index is 12.2. The molecule has 0 aromatic heterocycles. The van der Waals surface area contributed by atoms with E-state index >= 15 is 0 Å². The van der Waals surface area contributed by atoms with E-state index in [1.54, 1.807) is 0 Å². The summed E-state index contributed by atoms with van der Waals surface area (Å²) in [7, 11) is 0. The highest BCUT2D eigenvalue weighted by molar-refractivity contribution is 9.10. The van der Waals surface area contributed by atoms with Crippen molar-refractivity contribution in [3.8, 4) is 0 Å². The number of carbonyl (C=O) groups excluding carboxylic acids is 1. The van der Waals surface area contributed by atoms with Gasteiger partial charge in [0.05, 0.1) is 19.2 Å². The molecule has 21 heavy (non-hydrogen) atoms. The van der Waals surface area contributed by atoms with E-state index in [1.165, 1.54) is 4.90 Å². The lowest BCUT2D eigenvalue weighted by molar-refractivity contribution is -0.154. The maximum atomic E-state index is 12.2. The van der Waals surface area contributed by atoms with Crippen LogP contribution in [0.3, 0.4) is 0 Å². The van der Waals surface area contributed by atoms with Crippen LogP contribution in [-0.4, -0.2) is 47.8 Å². The summed E-state index contributed by atoms with van der Waals surface area (Å²) >= 11 is 3.36. The van der Waals surface area contributed by atoms with Crippen LogP contribution in [-0.2, 0) is 9.53 Å². The Balaban J connectivity index is 1.94. The van der Waals surface area contributed by atoms with Gasteiger partial charge in [-0.05, 0) is 24.6 Å². The predicted octanol–water partition coefficient (Wildman–Crippen LogP) is 2.01. The monoisotopic (exact) mass is 356 g/mol. The van der Waals surface area contributed by atoms with E-state index in [4.69, 9.17) is 9.84 Å². The first kappa shape index (κ1) is 15.8. The summed E-state index contributed by atoms with van der Waals surface area (Å²) in [6.07, 6.45) is -0.951. The molecule has 1 saturated heterocycles. The van der Waals surface area contributed by atoms with E-state index < -0.39 is 12.1 Å². The molecular weight excluding hydrogens is 340 g/mol. The van der Waals surface area contributed by atoms with Gasteiger partial charge in [-0.1, -0.05) is 28.1 Å². The summed E-state index contributed by atoms with van der Waals surface area (Å²) in [5.41, 5.74) is 0.981. The highest BCUT2D eigenvalue weighted by Gasteiger charge is 2.29. The van der Waals surface area contributed by atoms with Crippen molar-refractivity contribution in [1.82, 2.24) is 10.2 Å². The number of benzene rings is 1. The minimum Gasteiger partial charge on any atom is -0.479 e. The molecule has 1 aromatic rings. The van der Waals surface area contributed by atoms with E-state index in [-0.39, 0.29) is 25.2 Å². The van der Waals surface area contributed by atoms with E-state index in [0.29, 0.717) is 6.54 Å². The Morgan fingerprint density at radius 1 is 1.43 bits per heavy atom. The van der Waals surface area contributed by atoms with E-state index in [2.05, 4.69) is 21.2 Å². The first-order chi connectivity index (χ1) is 9.97. The number of halogens is 1. The second-order valence-corrected chi connectivity index (χ2v) is 5.78. The lowest BCUT2D eigenvalue weighted by Gasteiger charge is -2.31. The van der Waals surface area contributed by atoms with Gasteiger partial charge in [-0.3, -0.25) is 0 Å². The van der Waals surface area contributed by atoms with Crippen molar-refractivity contribution in [2.24, 2.45) is 0 Å². The topological polar surface area (TPSA) is 78.9 Å². The van der Waals surface area contributed by atoms with Crippen molar-refractivity contribution in [1.29, 1.82) is 0 Å². The minimum atomic E-state index is -1.05. The Morgan fingerprint density at radius 3 is 2.71 bits per heavy atom. The zero-order chi connectivity index (χ0) is 15.4. The minimum absolute atomic E-state index is 0.0637. The third-order valence-electron chi connectivity index (χ3n) is 3.34. The van der Waals surface area contributed by atoms with Gasteiger partial charge >= 0.3 is 12.0 Å². The van der Waals surface area contributed by atoms with Crippen molar-refractivity contribution < 1.29 is 19.4 Å². The predicted molar refractivity (Wildman–Crippen MR) is 80.0 cm³/mol. The number of ether oxygens (including phenoxy) is 1. The Labute approximate surface area is 131 Å². The largest absolute Gasteiger partial charge is 0.479 e. The number of carboxylic acid groups (broad SMARTS) is 1. The molecule has 114 valence electrons. The highest BCUT2D eigenvalue weighted by Crippen LogP contribution is 2.17. The normalized spacial score (nSPS) is 19.9. The number of amides is 2. The Kier molecular flexibility index (Phi) is 5.19. The molecule has 0 aliphatic carbocycles. The molecule has 1 aliphatic rings. The number of morpholine rings is 1. The second kappa shape index (κ2) is 6.91. The van der Waals surface area contributed by atoms with Gasteiger partial charge < -0.3 is 20.1 Å². The van der Waals surface area contributed by atoms with Gasteiger partial charge in [0, 0.05) is 11.0 Å². The molecular formula is C14H17BrN2O4. The Bertz CT molecular complexity index is 520. The van der Waals surface area contributed by atoms with Crippen LogP contribution in [0, 0.1) is 0 Å². The third kappa shape index (κ3) is 4.18. The van der Waals surface area contributed by atoms with Crippen LogP contribution in [0.1, 0.15) is 18.5 Å². The first-order valence-corrected chi connectivity index (χ1v) is 7.42. The van der Waals surface area contributed by atoms with Crippen LogP contribution in [0.15, 0.2) is 28.7 Å². The summed E-state index contributed by atoms with van der Waals surface area (Å²) in [4.78, 5) is 24.6. The highest BCUT2D eigenvalue weighted by atomic mass is 79.9. The molecule has 2 unspecified atom stereocenters. The van der Waals surface area contributed by atoms with Crippen molar-refractivity contribution in [2.45, 2.75) is 19.1 Å². The molecule has 0 radical (unpaired) electrons. The fourth-order valence-electron chi connectivity index (χ4n) is 2.09. The summed E-state index contributed by atoms with van der Waals surface area (Å²) in [5, 5.41) is 11.8. The van der Waals surface area contributed by atoms with Gasteiger partial charge in [-0.2, -0.15) is 0 Å². The number of aliphatic carboxylic acids is 1. The van der Waals surface area contributed by atoms with Crippen LogP contribution in [0.4, 0.5) is 4.79 Å². The molecule has 2 atom stereocenters. The lowest BCUT2D eigenvalue weighted by atomic mass is 10.1. The van der Waals surface area contributed by atoms with E-state index in [0.717, 1.165) is 10.0 Å². The van der Waals surface area contributed by atoms with Crippen LogP contribution < -0.4 is 5.32 Å². The molecule has 2 rings (SSSR count). The van der Waals surface area contributed by atoms with E-state index in [9.17, 15) is 9.59 Å². The van der Waals surface area contributed by atoms with E-state index in [1.807, 2.05) is 31.2 Å². The number of carboxylic acids is 1. The summed E-state index contributed by atoms with van der Waals surface area (Å²) in [6, 6.07) is 7.24. The molecule has 1 aromatic carbocycles. The zero-order valence-corrected chi connectivity index (χ0v) is 13.2. The first-order valence-electron chi connectivity index (χ1n) is 6.62. The van der Waals surface area contributed by atoms with Crippen LogP contribution >= 0.6 is 15.9 Å². The summed E-state index contributed by atoms with van der Waals surface area (Å²) in [6.45, 7) is 2.57. The molecule has 0 bridgehead atoms. The average molecular weight is 357 g/mol. The van der Waals surface area contributed by atoms with Gasteiger partial charge in [-0.15, -0.1) is 0 Å². The standard InChI is InChI=1S/C14H17BrN2O4/c1-9(10-2-4-11(15)5-3-10)16-14(20)17-6-7-21-12(8-17)13(18)19/h2-5,9,12H,6-8H2,1H3,(H,16,20)(H,18,19). The molecule has 1 fully saturated rings. The van der Waals surface area contributed by atoms with Crippen molar-refractivity contribution >= 4 is 27.9 Å². The SMILES string of the molecule is CC(NC(=O)N1CCOC(C(=O)O)C1)c1ccc(Br)cc1. The Hall–Kier alpha value is -1.60. The number of hydrogen-bond acceptors (Lipinski definition) is 3. The van der Waals surface area contributed by atoms with Gasteiger partial charge in [0.25, 0.3) is 0 Å².